The van der Waals surface area contributed by atoms with Crippen LogP contribution in [-0.4, -0.2) is 41.9 Å². The first kappa shape index (κ1) is 13.1. The Morgan fingerprint density at radius 1 is 1.53 bits per heavy atom. The average molecular weight is 243 g/mol. The van der Waals surface area contributed by atoms with Crippen LogP contribution in [0, 0.1) is 10.1 Å². The largest absolute Gasteiger partial charge is 0.378 e. The topological polar surface area (TPSA) is 125 Å². The number of hydrogen-bond acceptors (Lipinski definition) is 8. The average Bonchev–Trinajstić information content (AvgIpc) is 2.29. The summed E-state index contributed by atoms with van der Waals surface area (Å²) in [6.07, 6.45) is 0.602. The number of anilines is 2. The molecule has 0 unspecified atom stereocenters. The smallest absolute Gasteiger partial charge is 0.352 e. The summed E-state index contributed by atoms with van der Waals surface area (Å²) in [5.41, 5.74) is 5.04. The van der Waals surface area contributed by atoms with E-state index in [9.17, 15) is 10.1 Å². The van der Waals surface area contributed by atoms with Crippen molar-refractivity contribution in [3.05, 3.63) is 16.4 Å². The van der Waals surface area contributed by atoms with Crippen molar-refractivity contribution in [3.63, 3.8) is 0 Å². The highest BCUT2D eigenvalue weighted by atomic mass is 16.7. The lowest BCUT2D eigenvalue weighted by atomic mass is 10.4. The molecule has 9 heteroatoms. The minimum absolute atomic E-state index is 0.0293. The third-order valence-electron chi connectivity index (χ3n) is 2.00. The summed E-state index contributed by atoms with van der Waals surface area (Å²) >= 11 is 0. The molecule has 0 aliphatic rings. The Kier molecular flexibility index (Phi) is 4.55. The van der Waals surface area contributed by atoms with E-state index < -0.39 is 11.2 Å². The number of nitro groups is 1. The molecule has 0 aliphatic carbocycles. The lowest BCUT2D eigenvalue weighted by molar-refractivity contribution is -0.383. The fourth-order valence-corrected chi connectivity index (χ4v) is 1.14. The van der Waals surface area contributed by atoms with Gasteiger partial charge in [0.05, 0.1) is 11.5 Å². The van der Waals surface area contributed by atoms with E-state index in [1.54, 1.807) is 0 Å². The molecule has 0 atom stereocenters. The van der Waals surface area contributed by atoms with Crippen LogP contribution in [0.25, 0.3) is 0 Å². The number of hydrogen-bond donors (Lipinski definition) is 2. The Morgan fingerprint density at radius 3 is 2.71 bits per heavy atom. The van der Waals surface area contributed by atoms with Gasteiger partial charge in [-0.1, -0.05) is 0 Å². The summed E-state index contributed by atoms with van der Waals surface area (Å²) in [5, 5.41) is 13.5. The van der Waals surface area contributed by atoms with Gasteiger partial charge < -0.3 is 20.5 Å². The molecule has 9 nitrogen and oxygen atoms in total. The zero-order valence-corrected chi connectivity index (χ0v) is 9.41. The second kappa shape index (κ2) is 5.92. The molecule has 0 bridgehead atoms. The van der Waals surface area contributed by atoms with Crippen LogP contribution >= 0.6 is 0 Å². The van der Waals surface area contributed by atoms with Crippen LogP contribution in [0.3, 0.4) is 0 Å². The van der Waals surface area contributed by atoms with E-state index in [1.807, 2.05) is 0 Å². The molecule has 0 aromatic carbocycles. The van der Waals surface area contributed by atoms with Crippen LogP contribution in [0.4, 0.5) is 17.3 Å². The van der Waals surface area contributed by atoms with Crippen molar-refractivity contribution in [1.29, 1.82) is 0 Å². The van der Waals surface area contributed by atoms with Gasteiger partial charge in [-0.3, -0.25) is 10.1 Å². The molecule has 94 valence electrons. The summed E-state index contributed by atoms with van der Waals surface area (Å²) in [7, 11) is 2.91. The highest BCUT2D eigenvalue weighted by Gasteiger charge is 2.21. The Hall–Kier alpha value is -2.00. The van der Waals surface area contributed by atoms with Crippen molar-refractivity contribution in [2.24, 2.45) is 0 Å². The zero-order chi connectivity index (χ0) is 12.8. The van der Waals surface area contributed by atoms with E-state index in [0.29, 0.717) is 0 Å². The van der Waals surface area contributed by atoms with Crippen LogP contribution in [0.1, 0.15) is 0 Å². The van der Waals surface area contributed by atoms with Gasteiger partial charge in [0.2, 0.25) is 11.6 Å². The molecular formula is C8H13N5O4. The second-order valence-corrected chi connectivity index (χ2v) is 3.00. The maximum absolute atomic E-state index is 10.8. The fraction of sp³-hybridized carbons (Fsp3) is 0.500. The number of nitrogen functional groups attached to an aromatic ring is 1. The standard InChI is InChI=1S/C8H13N5O4/c1-16-5(17-2)3-10-8-6(13(14)15)7(9)11-4-12-8/h4-5H,3H2,1-2H3,(H3,9,10,11,12). The van der Waals surface area contributed by atoms with E-state index >= 15 is 0 Å². The molecule has 1 aromatic rings. The highest BCUT2D eigenvalue weighted by Crippen LogP contribution is 2.25. The number of aromatic nitrogens is 2. The monoisotopic (exact) mass is 243 g/mol. The predicted molar refractivity (Wildman–Crippen MR) is 59.4 cm³/mol. The van der Waals surface area contributed by atoms with Crippen molar-refractivity contribution >= 4 is 17.3 Å². The molecule has 17 heavy (non-hydrogen) atoms. The molecule has 0 fully saturated rings. The van der Waals surface area contributed by atoms with Gasteiger partial charge in [-0.15, -0.1) is 0 Å². The van der Waals surface area contributed by atoms with Crippen molar-refractivity contribution in [1.82, 2.24) is 9.97 Å². The molecule has 0 saturated heterocycles. The molecule has 0 saturated carbocycles. The van der Waals surface area contributed by atoms with Gasteiger partial charge in [-0.25, -0.2) is 9.97 Å². The molecule has 0 spiro atoms. The summed E-state index contributed by atoms with van der Waals surface area (Å²) in [4.78, 5) is 17.4. The molecule has 0 aliphatic heterocycles. The van der Waals surface area contributed by atoms with E-state index in [-0.39, 0.29) is 23.9 Å². The third-order valence-corrected chi connectivity index (χ3v) is 2.00. The van der Waals surface area contributed by atoms with Crippen LogP contribution in [0.2, 0.25) is 0 Å². The van der Waals surface area contributed by atoms with Crippen LogP contribution in [-0.2, 0) is 9.47 Å². The molecule has 1 aromatic heterocycles. The molecule has 0 amide bonds. The predicted octanol–water partition coefficient (Wildman–Crippen LogP) is -0.00220. The minimum Gasteiger partial charge on any atom is -0.378 e. The first-order valence-electron chi connectivity index (χ1n) is 4.64. The van der Waals surface area contributed by atoms with E-state index in [2.05, 4.69) is 15.3 Å². The quantitative estimate of drug-likeness (QED) is 0.406. The molecular weight excluding hydrogens is 230 g/mol. The lowest BCUT2D eigenvalue weighted by Gasteiger charge is -2.14. The molecule has 3 N–H and O–H groups in total. The summed E-state index contributed by atoms with van der Waals surface area (Å²) in [6.45, 7) is 0.199. The van der Waals surface area contributed by atoms with Crippen LogP contribution in [0.5, 0.6) is 0 Å². The van der Waals surface area contributed by atoms with Gasteiger partial charge in [0, 0.05) is 14.2 Å². The van der Waals surface area contributed by atoms with Gasteiger partial charge in [0.15, 0.2) is 6.29 Å². The maximum Gasteiger partial charge on any atom is 0.352 e. The van der Waals surface area contributed by atoms with Gasteiger partial charge in [-0.2, -0.15) is 0 Å². The van der Waals surface area contributed by atoms with E-state index in [1.165, 1.54) is 14.2 Å². The summed E-state index contributed by atoms with van der Waals surface area (Å²) in [6, 6.07) is 0. The maximum atomic E-state index is 10.8. The van der Waals surface area contributed by atoms with Crippen molar-refractivity contribution in [3.8, 4) is 0 Å². The van der Waals surface area contributed by atoms with Gasteiger partial charge in [-0.05, 0) is 0 Å². The van der Waals surface area contributed by atoms with Crippen LogP contribution < -0.4 is 11.1 Å². The zero-order valence-electron chi connectivity index (χ0n) is 9.41. The van der Waals surface area contributed by atoms with Crippen molar-refractivity contribution < 1.29 is 14.4 Å². The number of ether oxygens (including phenoxy) is 2. The first-order valence-corrected chi connectivity index (χ1v) is 4.64. The fourth-order valence-electron chi connectivity index (χ4n) is 1.14. The number of nitrogens with one attached hydrogen (secondary N) is 1. The minimum atomic E-state index is -0.647. The number of nitrogens with zero attached hydrogens (tertiary/aromatic N) is 3. The molecule has 1 rings (SSSR count). The normalized spacial score (nSPS) is 10.5. The number of nitrogens with two attached hydrogens (primary N) is 1. The van der Waals surface area contributed by atoms with Crippen molar-refractivity contribution in [2.45, 2.75) is 6.29 Å². The summed E-state index contributed by atoms with van der Waals surface area (Å²) in [5.74, 6) is -0.166. The summed E-state index contributed by atoms with van der Waals surface area (Å²) < 4.78 is 9.85. The van der Waals surface area contributed by atoms with E-state index in [0.717, 1.165) is 6.33 Å². The Labute approximate surface area is 97.1 Å². The Bertz CT molecular complexity index is 396. The number of rotatable bonds is 6. The first-order chi connectivity index (χ1) is 8.10. The highest BCUT2D eigenvalue weighted by molar-refractivity contribution is 5.67. The third kappa shape index (κ3) is 3.23. The van der Waals surface area contributed by atoms with Crippen molar-refractivity contribution in [2.75, 3.05) is 31.8 Å². The number of methoxy groups -OCH3 is 2. The molecule has 1 heterocycles. The van der Waals surface area contributed by atoms with Crippen LogP contribution in [0.15, 0.2) is 6.33 Å². The van der Waals surface area contributed by atoms with Gasteiger partial charge in [0.25, 0.3) is 0 Å². The SMILES string of the molecule is COC(CNc1ncnc(N)c1[N+](=O)[O-])OC. The van der Waals surface area contributed by atoms with Gasteiger partial charge >= 0.3 is 5.69 Å². The van der Waals surface area contributed by atoms with E-state index in [4.69, 9.17) is 15.2 Å². The Balaban J connectivity index is 2.84. The lowest BCUT2D eigenvalue weighted by Crippen LogP contribution is -2.24. The second-order valence-electron chi connectivity index (χ2n) is 3.00. The van der Waals surface area contributed by atoms with Gasteiger partial charge in [0.1, 0.15) is 6.33 Å². The molecule has 0 radical (unpaired) electrons. The Morgan fingerprint density at radius 2 is 2.18 bits per heavy atom.